The summed E-state index contributed by atoms with van der Waals surface area (Å²) in [5.74, 6) is 0.572. The number of rotatable bonds is 5. The SMILES string of the molecule is CC(C)C(C)(C)[Si](C)(C)O[C@@H](C)C=O. The van der Waals surface area contributed by atoms with E-state index in [0.29, 0.717) is 5.92 Å². The molecule has 0 aliphatic heterocycles. The Labute approximate surface area is 89.2 Å². The zero-order valence-electron chi connectivity index (χ0n) is 10.5. The molecule has 0 saturated carbocycles. The topological polar surface area (TPSA) is 26.3 Å². The average Bonchev–Trinajstić information content (AvgIpc) is 2.02. The van der Waals surface area contributed by atoms with Crippen LogP contribution in [0.1, 0.15) is 34.6 Å². The highest BCUT2D eigenvalue weighted by Crippen LogP contribution is 2.44. The van der Waals surface area contributed by atoms with E-state index in [1.54, 1.807) is 0 Å². The van der Waals surface area contributed by atoms with Gasteiger partial charge in [-0.1, -0.05) is 27.7 Å². The van der Waals surface area contributed by atoms with E-state index in [9.17, 15) is 4.79 Å². The summed E-state index contributed by atoms with van der Waals surface area (Å²) >= 11 is 0. The molecule has 1 atom stereocenters. The third-order valence-electron chi connectivity index (χ3n) is 3.67. The number of hydrogen-bond acceptors (Lipinski definition) is 2. The quantitative estimate of drug-likeness (QED) is 0.521. The van der Waals surface area contributed by atoms with Crippen LogP contribution in [0.2, 0.25) is 18.1 Å². The van der Waals surface area contributed by atoms with Crippen molar-refractivity contribution in [2.45, 2.75) is 58.9 Å². The van der Waals surface area contributed by atoms with E-state index < -0.39 is 8.32 Å². The van der Waals surface area contributed by atoms with Crippen LogP contribution in [0, 0.1) is 5.92 Å². The average molecular weight is 216 g/mol. The zero-order valence-corrected chi connectivity index (χ0v) is 11.5. The molecule has 0 heterocycles. The predicted molar refractivity (Wildman–Crippen MR) is 63.0 cm³/mol. The molecule has 84 valence electrons. The number of aldehydes is 1. The fourth-order valence-corrected chi connectivity index (χ4v) is 4.02. The number of carbonyl (C=O) groups is 1. The van der Waals surface area contributed by atoms with E-state index in [4.69, 9.17) is 4.43 Å². The number of hydrogen-bond donors (Lipinski definition) is 0. The van der Waals surface area contributed by atoms with Gasteiger partial charge in [0.15, 0.2) is 8.32 Å². The van der Waals surface area contributed by atoms with E-state index in [-0.39, 0.29) is 11.1 Å². The Kier molecular flexibility index (Phi) is 4.53. The third kappa shape index (κ3) is 2.92. The van der Waals surface area contributed by atoms with Gasteiger partial charge in [-0.05, 0) is 31.0 Å². The first kappa shape index (κ1) is 13.8. The van der Waals surface area contributed by atoms with E-state index >= 15 is 0 Å². The Morgan fingerprint density at radius 1 is 1.21 bits per heavy atom. The van der Waals surface area contributed by atoms with Crippen LogP contribution >= 0.6 is 0 Å². The number of carbonyl (C=O) groups excluding carboxylic acids is 1. The summed E-state index contributed by atoms with van der Waals surface area (Å²) < 4.78 is 5.88. The Morgan fingerprint density at radius 2 is 1.64 bits per heavy atom. The van der Waals surface area contributed by atoms with Gasteiger partial charge in [-0.2, -0.15) is 0 Å². The van der Waals surface area contributed by atoms with Gasteiger partial charge in [-0.15, -0.1) is 0 Å². The smallest absolute Gasteiger partial charge is 0.193 e. The van der Waals surface area contributed by atoms with Crippen molar-refractivity contribution >= 4 is 14.6 Å². The summed E-state index contributed by atoms with van der Waals surface area (Å²) in [4.78, 5) is 10.6. The van der Waals surface area contributed by atoms with Gasteiger partial charge in [0, 0.05) is 0 Å². The molecule has 0 rings (SSSR count). The van der Waals surface area contributed by atoms with Gasteiger partial charge in [0.2, 0.25) is 0 Å². The molecule has 2 nitrogen and oxygen atoms in total. The van der Waals surface area contributed by atoms with Crippen LogP contribution in [0.3, 0.4) is 0 Å². The van der Waals surface area contributed by atoms with Crippen LogP contribution < -0.4 is 0 Å². The lowest BCUT2D eigenvalue weighted by Gasteiger charge is -2.43. The molecule has 0 aliphatic rings. The van der Waals surface area contributed by atoms with Crippen LogP contribution in [0.25, 0.3) is 0 Å². The molecule has 0 aromatic carbocycles. The monoisotopic (exact) mass is 216 g/mol. The van der Waals surface area contributed by atoms with E-state index in [1.165, 1.54) is 0 Å². The van der Waals surface area contributed by atoms with Gasteiger partial charge in [0.05, 0.1) is 6.10 Å². The van der Waals surface area contributed by atoms with Crippen LogP contribution in [0.4, 0.5) is 0 Å². The first-order valence-electron chi connectivity index (χ1n) is 5.28. The lowest BCUT2D eigenvalue weighted by atomic mass is 9.99. The maximum atomic E-state index is 10.6. The summed E-state index contributed by atoms with van der Waals surface area (Å²) in [6.45, 7) is 15.1. The maximum absolute atomic E-state index is 10.6. The van der Waals surface area contributed by atoms with Crippen molar-refractivity contribution in [2.75, 3.05) is 0 Å². The fourth-order valence-electron chi connectivity index (χ4n) is 1.34. The van der Waals surface area contributed by atoms with Gasteiger partial charge in [0.1, 0.15) is 6.29 Å². The molecule has 3 heteroatoms. The van der Waals surface area contributed by atoms with Crippen molar-refractivity contribution in [1.29, 1.82) is 0 Å². The highest BCUT2D eigenvalue weighted by Gasteiger charge is 2.44. The first-order chi connectivity index (χ1) is 6.15. The van der Waals surface area contributed by atoms with Crippen LogP contribution in [-0.2, 0) is 9.22 Å². The van der Waals surface area contributed by atoms with Gasteiger partial charge in [-0.3, -0.25) is 0 Å². The third-order valence-corrected chi connectivity index (χ3v) is 8.31. The van der Waals surface area contributed by atoms with Gasteiger partial charge in [-0.25, -0.2) is 0 Å². The van der Waals surface area contributed by atoms with Crippen molar-refractivity contribution in [3.63, 3.8) is 0 Å². The molecular formula is C11H24O2Si. The second kappa shape index (κ2) is 4.58. The second-order valence-electron chi connectivity index (χ2n) is 5.35. The van der Waals surface area contributed by atoms with Crippen molar-refractivity contribution in [2.24, 2.45) is 5.92 Å². The minimum absolute atomic E-state index is 0.185. The lowest BCUT2D eigenvalue weighted by molar-refractivity contribution is -0.113. The molecule has 0 aliphatic carbocycles. The van der Waals surface area contributed by atoms with Gasteiger partial charge in [0.25, 0.3) is 0 Å². The van der Waals surface area contributed by atoms with Crippen molar-refractivity contribution in [3.8, 4) is 0 Å². The minimum Gasteiger partial charge on any atom is -0.407 e. The normalized spacial score (nSPS) is 15.7. The molecule has 0 aromatic heterocycles. The molecule has 0 radical (unpaired) electrons. The summed E-state index contributed by atoms with van der Waals surface area (Å²) in [7, 11) is -1.81. The van der Waals surface area contributed by atoms with E-state index in [1.807, 2.05) is 6.92 Å². The predicted octanol–water partition coefficient (Wildman–Crippen LogP) is 3.23. The van der Waals surface area contributed by atoms with Crippen molar-refractivity contribution < 1.29 is 9.22 Å². The Morgan fingerprint density at radius 3 is 1.93 bits per heavy atom. The summed E-state index contributed by atoms with van der Waals surface area (Å²) in [6, 6.07) is 0. The molecule has 0 unspecified atom stereocenters. The largest absolute Gasteiger partial charge is 0.407 e. The summed E-state index contributed by atoms with van der Waals surface area (Å²) in [6.07, 6.45) is 0.611. The second-order valence-corrected chi connectivity index (χ2v) is 9.89. The lowest BCUT2D eigenvalue weighted by Crippen LogP contribution is -2.47. The molecule has 0 aromatic rings. The standard InChI is InChI=1S/C11H24O2Si/c1-9(2)11(4,5)14(6,7)13-10(3)8-12/h8-10H,1-7H3/t10-/m0/s1. The van der Waals surface area contributed by atoms with E-state index in [0.717, 1.165) is 6.29 Å². The molecule has 0 amide bonds. The van der Waals surface area contributed by atoms with Crippen molar-refractivity contribution in [1.82, 2.24) is 0 Å². The van der Waals surface area contributed by atoms with Crippen LogP contribution in [0.15, 0.2) is 0 Å². The molecular weight excluding hydrogens is 192 g/mol. The maximum Gasteiger partial charge on any atom is 0.193 e. The summed E-state index contributed by atoms with van der Waals surface area (Å²) in [5, 5.41) is 0.185. The van der Waals surface area contributed by atoms with Crippen LogP contribution in [0.5, 0.6) is 0 Å². The molecule has 0 N–H and O–H groups in total. The molecule has 0 fully saturated rings. The molecule has 0 saturated heterocycles. The first-order valence-corrected chi connectivity index (χ1v) is 8.19. The highest BCUT2D eigenvalue weighted by atomic mass is 28.4. The fraction of sp³-hybridized carbons (Fsp3) is 0.909. The Bertz CT molecular complexity index is 197. The van der Waals surface area contributed by atoms with Crippen molar-refractivity contribution in [3.05, 3.63) is 0 Å². The molecule has 0 bridgehead atoms. The van der Waals surface area contributed by atoms with Crippen LogP contribution in [-0.4, -0.2) is 20.7 Å². The minimum atomic E-state index is -1.81. The summed E-state index contributed by atoms with van der Waals surface area (Å²) in [5.41, 5.74) is 0. The van der Waals surface area contributed by atoms with E-state index in [2.05, 4.69) is 40.8 Å². The Hall–Kier alpha value is -0.153. The zero-order chi connectivity index (χ0) is 11.6. The van der Waals surface area contributed by atoms with Gasteiger partial charge < -0.3 is 9.22 Å². The highest BCUT2D eigenvalue weighted by molar-refractivity contribution is 6.74. The molecule has 14 heavy (non-hydrogen) atoms. The Balaban J connectivity index is 4.67. The molecule has 0 spiro atoms. The van der Waals surface area contributed by atoms with Gasteiger partial charge >= 0.3 is 0 Å².